The van der Waals surface area contributed by atoms with Crippen molar-refractivity contribution in [3.05, 3.63) is 46.7 Å². The van der Waals surface area contributed by atoms with E-state index < -0.39 is 0 Å². The van der Waals surface area contributed by atoms with E-state index in [1.807, 2.05) is 12.1 Å². The zero-order valence-electron chi connectivity index (χ0n) is 13.7. The molecular weight excluding hydrogens is 280 g/mol. The van der Waals surface area contributed by atoms with Gasteiger partial charge in [0.25, 0.3) is 0 Å². The van der Waals surface area contributed by atoms with Crippen molar-refractivity contribution in [1.29, 1.82) is 0 Å². The average Bonchev–Trinajstić information content (AvgIpc) is 2.36. The van der Waals surface area contributed by atoms with Crippen molar-refractivity contribution in [2.45, 2.75) is 52.4 Å². The summed E-state index contributed by atoms with van der Waals surface area (Å²) in [6.45, 7) is 13.2. The van der Waals surface area contributed by atoms with Crippen molar-refractivity contribution >= 4 is 11.6 Å². The maximum absolute atomic E-state index is 6.60. The molecule has 0 aliphatic carbocycles. The molecule has 0 atom stereocenters. The predicted octanol–water partition coefficient (Wildman–Crippen LogP) is 5.39. The number of nitrogens with zero attached hydrogens (tertiary/aromatic N) is 2. The van der Waals surface area contributed by atoms with Crippen LogP contribution in [-0.2, 0) is 10.8 Å². The second-order valence-electron chi connectivity index (χ2n) is 7.45. The first-order valence-electron chi connectivity index (χ1n) is 7.22. The summed E-state index contributed by atoms with van der Waals surface area (Å²) in [5.74, 6) is 0.688. The molecule has 0 radical (unpaired) electrons. The Morgan fingerprint density at radius 3 is 1.90 bits per heavy atom. The van der Waals surface area contributed by atoms with Gasteiger partial charge < -0.3 is 0 Å². The van der Waals surface area contributed by atoms with E-state index in [9.17, 15) is 0 Å². The summed E-state index contributed by atoms with van der Waals surface area (Å²) in [5, 5.41) is 0.721. The molecule has 1 aromatic carbocycles. The van der Waals surface area contributed by atoms with Crippen LogP contribution in [0.2, 0.25) is 5.02 Å². The van der Waals surface area contributed by atoms with Gasteiger partial charge in [0.1, 0.15) is 0 Å². The van der Waals surface area contributed by atoms with Crippen LogP contribution in [-0.4, -0.2) is 9.97 Å². The van der Waals surface area contributed by atoms with Crippen LogP contribution < -0.4 is 0 Å². The van der Waals surface area contributed by atoms with E-state index >= 15 is 0 Å². The molecule has 0 saturated heterocycles. The molecule has 1 aromatic heterocycles. The van der Waals surface area contributed by atoms with E-state index in [2.05, 4.69) is 57.6 Å². The van der Waals surface area contributed by atoms with Crippen LogP contribution in [0.4, 0.5) is 0 Å². The lowest BCUT2D eigenvalue weighted by atomic mass is 9.78. The van der Waals surface area contributed by atoms with Gasteiger partial charge in [-0.3, -0.25) is 0 Å². The quantitative estimate of drug-likeness (QED) is 0.705. The fraction of sp³-hybridized carbons (Fsp3) is 0.444. The van der Waals surface area contributed by atoms with E-state index in [-0.39, 0.29) is 10.8 Å². The van der Waals surface area contributed by atoms with Gasteiger partial charge in [-0.05, 0) is 34.1 Å². The van der Waals surface area contributed by atoms with Crippen LogP contribution in [0.1, 0.15) is 52.7 Å². The number of hydrogen-bond donors (Lipinski definition) is 0. The van der Waals surface area contributed by atoms with Crippen molar-refractivity contribution in [2.24, 2.45) is 0 Å². The van der Waals surface area contributed by atoms with Crippen LogP contribution >= 0.6 is 11.6 Å². The second-order valence-corrected chi connectivity index (χ2v) is 7.86. The summed E-state index contributed by atoms with van der Waals surface area (Å²) in [7, 11) is 0. The predicted molar refractivity (Wildman–Crippen MR) is 89.9 cm³/mol. The van der Waals surface area contributed by atoms with Crippen molar-refractivity contribution in [2.75, 3.05) is 0 Å². The van der Waals surface area contributed by atoms with Crippen LogP contribution in [0.5, 0.6) is 0 Å². The molecule has 2 rings (SSSR count). The first-order valence-corrected chi connectivity index (χ1v) is 7.60. The van der Waals surface area contributed by atoms with E-state index in [1.54, 1.807) is 12.4 Å². The van der Waals surface area contributed by atoms with Crippen molar-refractivity contribution in [3.63, 3.8) is 0 Å². The molecule has 3 heteroatoms. The molecule has 0 fully saturated rings. The molecule has 0 spiro atoms. The highest BCUT2D eigenvalue weighted by molar-refractivity contribution is 6.33. The summed E-state index contributed by atoms with van der Waals surface area (Å²) < 4.78 is 0. The lowest BCUT2D eigenvalue weighted by molar-refractivity contribution is 0.569. The molecule has 2 nitrogen and oxygen atoms in total. The van der Waals surface area contributed by atoms with E-state index in [1.165, 1.54) is 11.1 Å². The molecule has 0 N–H and O–H groups in total. The first kappa shape index (κ1) is 16.0. The third-order valence-electron chi connectivity index (χ3n) is 3.55. The second kappa shape index (κ2) is 5.42. The maximum atomic E-state index is 6.60. The van der Waals surface area contributed by atoms with Gasteiger partial charge in [0.15, 0.2) is 5.82 Å². The standard InChI is InChI=1S/C18H23ClN2/c1-17(2,3)12-10-13(18(4,5)6)15(14(19)11-12)16-20-8-7-9-21-16/h7-11H,1-6H3. The fourth-order valence-electron chi connectivity index (χ4n) is 2.29. The highest BCUT2D eigenvalue weighted by Gasteiger charge is 2.26. The fourth-order valence-corrected chi connectivity index (χ4v) is 2.59. The molecule has 0 amide bonds. The molecule has 0 bridgehead atoms. The van der Waals surface area contributed by atoms with Gasteiger partial charge in [-0.25, -0.2) is 9.97 Å². The Morgan fingerprint density at radius 2 is 1.43 bits per heavy atom. The zero-order chi connectivity index (χ0) is 15.8. The number of halogens is 1. The third-order valence-corrected chi connectivity index (χ3v) is 3.85. The maximum Gasteiger partial charge on any atom is 0.160 e. The van der Waals surface area contributed by atoms with Crippen LogP contribution in [0.15, 0.2) is 30.6 Å². The Morgan fingerprint density at radius 1 is 0.857 bits per heavy atom. The van der Waals surface area contributed by atoms with Gasteiger partial charge in [0.2, 0.25) is 0 Å². The molecular formula is C18H23ClN2. The van der Waals surface area contributed by atoms with Gasteiger partial charge in [-0.2, -0.15) is 0 Å². The summed E-state index contributed by atoms with van der Waals surface area (Å²) in [6, 6.07) is 6.11. The first-order chi connectivity index (χ1) is 9.60. The number of hydrogen-bond acceptors (Lipinski definition) is 2. The number of aromatic nitrogens is 2. The van der Waals surface area contributed by atoms with E-state index in [0.29, 0.717) is 5.82 Å². The van der Waals surface area contributed by atoms with E-state index in [0.717, 1.165) is 10.6 Å². The number of rotatable bonds is 1. The lowest BCUT2D eigenvalue weighted by Gasteiger charge is -2.28. The SMILES string of the molecule is CC(C)(C)c1cc(Cl)c(-c2ncccn2)c(C(C)(C)C)c1. The van der Waals surface area contributed by atoms with Crippen LogP contribution in [0, 0.1) is 0 Å². The molecule has 2 aromatic rings. The average molecular weight is 303 g/mol. The normalized spacial score (nSPS) is 12.5. The Bertz CT molecular complexity index is 635. The lowest BCUT2D eigenvalue weighted by Crippen LogP contribution is -2.18. The Balaban J connectivity index is 2.77. The molecule has 0 aliphatic rings. The van der Waals surface area contributed by atoms with Crippen LogP contribution in [0.25, 0.3) is 11.4 Å². The molecule has 0 saturated carbocycles. The summed E-state index contributed by atoms with van der Waals surface area (Å²) in [6.07, 6.45) is 3.51. The summed E-state index contributed by atoms with van der Waals surface area (Å²) in [5.41, 5.74) is 3.39. The van der Waals surface area contributed by atoms with E-state index in [4.69, 9.17) is 11.6 Å². The zero-order valence-corrected chi connectivity index (χ0v) is 14.4. The van der Waals surface area contributed by atoms with Crippen molar-refractivity contribution in [3.8, 4) is 11.4 Å². The Hall–Kier alpha value is -1.41. The van der Waals surface area contributed by atoms with Gasteiger partial charge in [-0.1, -0.05) is 59.2 Å². The Kier molecular flexibility index (Phi) is 4.12. The summed E-state index contributed by atoms with van der Waals surface area (Å²) in [4.78, 5) is 8.76. The van der Waals surface area contributed by atoms with Crippen molar-refractivity contribution in [1.82, 2.24) is 9.97 Å². The highest BCUT2D eigenvalue weighted by atomic mass is 35.5. The van der Waals surface area contributed by atoms with Gasteiger partial charge in [0.05, 0.1) is 5.02 Å². The van der Waals surface area contributed by atoms with Gasteiger partial charge in [-0.15, -0.1) is 0 Å². The monoisotopic (exact) mass is 302 g/mol. The molecule has 0 aliphatic heterocycles. The minimum Gasteiger partial charge on any atom is -0.237 e. The third kappa shape index (κ3) is 3.44. The summed E-state index contributed by atoms with van der Waals surface area (Å²) >= 11 is 6.60. The Labute approximate surface area is 132 Å². The van der Waals surface area contributed by atoms with Crippen LogP contribution in [0.3, 0.4) is 0 Å². The van der Waals surface area contributed by atoms with Crippen molar-refractivity contribution < 1.29 is 0 Å². The smallest absolute Gasteiger partial charge is 0.160 e. The molecule has 0 unspecified atom stereocenters. The van der Waals surface area contributed by atoms with Gasteiger partial charge in [0, 0.05) is 18.0 Å². The highest BCUT2D eigenvalue weighted by Crippen LogP contribution is 2.39. The molecule has 112 valence electrons. The van der Waals surface area contributed by atoms with Gasteiger partial charge >= 0.3 is 0 Å². The minimum atomic E-state index is -0.0283. The molecule has 21 heavy (non-hydrogen) atoms. The number of benzene rings is 1. The molecule has 1 heterocycles. The largest absolute Gasteiger partial charge is 0.237 e. The minimum absolute atomic E-state index is 0.0283. The topological polar surface area (TPSA) is 25.8 Å².